The Kier molecular flexibility index (Phi) is 5.57. The maximum atomic E-state index is 12.3. The number of hydrogen-bond donors (Lipinski definition) is 1. The van der Waals surface area contributed by atoms with Gasteiger partial charge in [-0.05, 0) is 44.0 Å². The van der Waals surface area contributed by atoms with Crippen molar-refractivity contribution in [3.8, 4) is 0 Å². The summed E-state index contributed by atoms with van der Waals surface area (Å²) in [6.07, 6.45) is 1.26. The van der Waals surface area contributed by atoms with E-state index in [9.17, 15) is 9.59 Å². The quantitative estimate of drug-likeness (QED) is 0.850. The number of methoxy groups -OCH3 is 1. The summed E-state index contributed by atoms with van der Waals surface area (Å²) in [5.74, 6) is -0.789. The van der Waals surface area contributed by atoms with Crippen molar-refractivity contribution in [2.24, 2.45) is 0 Å². The molecule has 0 aliphatic heterocycles. The number of amides is 1. The molecule has 1 amide bonds. The smallest absolute Gasteiger partial charge is 0.331 e. The summed E-state index contributed by atoms with van der Waals surface area (Å²) in [5.41, 5.74) is 0.288. The zero-order valence-corrected chi connectivity index (χ0v) is 13.0. The van der Waals surface area contributed by atoms with Crippen LogP contribution in [0.15, 0.2) is 18.2 Å². The second-order valence-corrected chi connectivity index (χ2v) is 5.48. The van der Waals surface area contributed by atoms with Crippen LogP contribution in [0.25, 0.3) is 0 Å². The van der Waals surface area contributed by atoms with Gasteiger partial charge in [-0.15, -0.1) is 0 Å². The molecular weight excluding hydrogens is 278 g/mol. The molecular formula is C15H20ClNO3. The number of nitrogens with one attached hydrogen (secondary N) is 1. The summed E-state index contributed by atoms with van der Waals surface area (Å²) >= 11 is 5.94. The minimum atomic E-state index is -1.03. The second kappa shape index (κ2) is 6.75. The van der Waals surface area contributed by atoms with Gasteiger partial charge in [-0.2, -0.15) is 0 Å². The van der Waals surface area contributed by atoms with E-state index in [0.717, 1.165) is 12.0 Å². The van der Waals surface area contributed by atoms with Crippen molar-refractivity contribution in [2.45, 2.75) is 39.2 Å². The van der Waals surface area contributed by atoms with Crippen molar-refractivity contribution in [3.05, 3.63) is 34.3 Å². The van der Waals surface area contributed by atoms with Gasteiger partial charge in [-0.1, -0.05) is 24.9 Å². The minimum Gasteiger partial charge on any atom is -0.467 e. The molecule has 1 N–H and O–H groups in total. The number of rotatable bonds is 5. The van der Waals surface area contributed by atoms with Crippen LogP contribution >= 0.6 is 11.6 Å². The lowest BCUT2D eigenvalue weighted by atomic mass is 9.95. The Bertz CT molecular complexity index is 496. The van der Waals surface area contributed by atoms with Crippen LogP contribution < -0.4 is 5.32 Å². The predicted molar refractivity (Wildman–Crippen MR) is 79.0 cm³/mol. The van der Waals surface area contributed by atoms with Gasteiger partial charge in [0, 0.05) is 10.6 Å². The fraction of sp³-hybridized carbons (Fsp3) is 0.467. The Hall–Kier alpha value is -1.55. The first kappa shape index (κ1) is 16.5. The standard InChI is InChI=1S/C15H20ClNO3/c1-5-6-15(3,14(19)20-4)17-13(18)11-7-10(2)8-12(16)9-11/h7-9H,5-6H2,1-4H3,(H,17,18). The molecule has 0 spiro atoms. The highest BCUT2D eigenvalue weighted by atomic mass is 35.5. The highest BCUT2D eigenvalue weighted by Crippen LogP contribution is 2.18. The number of carbonyl (C=O) groups excluding carboxylic acids is 2. The van der Waals surface area contributed by atoms with Crippen molar-refractivity contribution in [1.29, 1.82) is 0 Å². The van der Waals surface area contributed by atoms with Crippen LogP contribution in [0.1, 0.15) is 42.6 Å². The Labute approximate surface area is 124 Å². The van der Waals surface area contributed by atoms with Crippen LogP contribution in [0, 0.1) is 6.92 Å². The van der Waals surface area contributed by atoms with Gasteiger partial charge in [0.25, 0.3) is 5.91 Å². The minimum absolute atomic E-state index is 0.336. The molecule has 1 atom stereocenters. The van der Waals surface area contributed by atoms with E-state index in [4.69, 9.17) is 16.3 Å². The first-order valence-electron chi connectivity index (χ1n) is 6.50. The van der Waals surface area contributed by atoms with E-state index in [0.29, 0.717) is 17.0 Å². The summed E-state index contributed by atoms with van der Waals surface area (Å²) in [6.45, 7) is 5.46. The molecule has 0 aromatic heterocycles. The van der Waals surface area contributed by atoms with E-state index in [1.54, 1.807) is 25.1 Å². The lowest BCUT2D eigenvalue weighted by Crippen LogP contribution is -2.52. The largest absolute Gasteiger partial charge is 0.467 e. The monoisotopic (exact) mass is 297 g/mol. The highest BCUT2D eigenvalue weighted by Gasteiger charge is 2.35. The summed E-state index contributed by atoms with van der Waals surface area (Å²) in [6, 6.07) is 5.07. The summed E-state index contributed by atoms with van der Waals surface area (Å²) in [4.78, 5) is 24.1. The maximum Gasteiger partial charge on any atom is 0.331 e. The number of carbonyl (C=O) groups is 2. The molecule has 4 nitrogen and oxygen atoms in total. The van der Waals surface area contributed by atoms with Gasteiger partial charge in [0.15, 0.2) is 0 Å². The van der Waals surface area contributed by atoms with Crippen LogP contribution in [0.4, 0.5) is 0 Å². The van der Waals surface area contributed by atoms with Gasteiger partial charge in [-0.25, -0.2) is 4.79 Å². The molecule has 1 unspecified atom stereocenters. The van der Waals surface area contributed by atoms with E-state index < -0.39 is 11.5 Å². The number of hydrogen-bond acceptors (Lipinski definition) is 3. The zero-order chi connectivity index (χ0) is 15.3. The average molecular weight is 298 g/mol. The normalized spacial score (nSPS) is 13.4. The lowest BCUT2D eigenvalue weighted by Gasteiger charge is -2.27. The van der Waals surface area contributed by atoms with Crippen molar-refractivity contribution < 1.29 is 14.3 Å². The summed E-state index contributed by atoms with van der Waals surface area (Å²) in [7, 11) is 1.31. The Morgan fingerprint density at radius 2 is 2.00 bits per heavy atom. The first-order valence-corrected chi connectivity index (χ1v) is 6.88. The molecule has 0 aliphatic rings. The topological polar surface area (TPSA) is 55.4 Å². The molecule has 1 aromatic carbocycles. The van der Waals surface area contributed by atoms with Crippen LogP contribution in [0.5, 0.6) is 0 Å². The van der Waals surface area contributed by atoms with E-state index in [1.807, 2.05) is 13.8 Å². The van der Waals surface area contributed by atoms with Crippen LogP contribution in [-0.2, 0) is 9.53 Å². The molecule has 5 heteroatoms. The van der Waals surface area contributed by atoms with Crippen LogP contribution in [-0.4, -0.2) is 24.5 Å². The van der Waals surface area contributed by atoms with Crippen molar-refractivity contribution >= 4 is 23.5 Å². The number of ether oxygens (including phenoxy) is 1. The average Bonchev–Trinajstić information content (AvgIpc) is 2.36. The highest BCUT2D eigenvalue weighted by molar-refractivity contribution is 6.31. The van der Waals surface area contributed by atoms with Crippen LogP contribution in [0.2, 0.25) is 5.02 Å². The van der Waals surface area contributed by atoms with Gasteiger partial charge < -0.3 is 10.1 Å². The van der Waals surface area contributed by atoms with Crippen molar-refractivity contribution in [1.82, 2.24) is 5.32 Å². The Balaban J connectivity index is 2.99. The maximum absolute atomic E-state index is 12.3. The van der Waals surface area contributed by atoms with Crippen molar-refractivity contribution in [3.63, 3.8) is 0 Å². The molecule has 1 rings (SSSR count). The predicted octanol–water partition coefficient (Wildman–Crippen LogP) is 3.11. The molecule has 0 saturated heterocycles. The van der Waals surface area contributed by atoms with E-state index in [-0.39, 0.29) is 5.91 Å². The first-order chi connectivity index (χ1) is 9.32. The third-order valence-corrected chi connectivity index (χ3v) is 3.30. The zero-order valence-electron chi connectivity index (χ0n) is 12.2. The lowest BCUT2D eigenvalue weighted by molar-refractivity contribution is -0.147. The molecule has 0 fully saturated rings. The molecule has 0 radical (unpaired) electrons. The molecule has 0 saturated carbocycles. The summed E-state index contributed by atoms with van der Waals surface area (Å²) in [5, 5.41) is 3.23. The molecule has 0 bridgehead atoms. The third kappa shape index (κ3) is 3.97. The van der Waals surface area contributed by atoms with Gasteiger partial charge in [0.1, 0.15) is 5.54 Å². The number of esters is 1. The molecule has 20 heavy (non-hydrogen) atoms. The van der Waals surface area contributed by atoms with Crippen molar-refractivity contribution in [2.75, 3.05) is 7.11 Å². The Morgan fingerprint density at radius 1 is 1.35 bits per heavy atom. The van der Waals surface area contributed by atoms with Gasteiger partial charge in [0.05, 0.1) is 7.11 Å². The second-order valence-electron chi connectivity index (χ2n) is 5.05. The Morgan fingerprint density at radius 3 is 2.50 bits per heavy atom. The molecule has 0 aliphatic carbocycles. The SMILES string of the molecule is CCCC(C)(NC(=O)c1cc(C)cc(Cl)c1)C(=O)OC. The van der Waals surface area contributed by atoms with E-state index in [1.165, 1.54) is 7.11 Å². The number of benzene rings is 1. The third-order valence-electron chi connectivity index (χ3n) is 3.08. The van der Waals surface area contributed by atoms with Gasteiger partial charge in [-0.3, -0.25) is 4.79 Å². The summed E-state index contributed by atoms with van der Waals surface area (Å²) < 4.78 is 4.77. The fourth-order valence-corrected chi connectivity index (χ4v) is 2.42. The van der Waals surface area contributed by atoms with E-state index >= 15 is 0 Å². The molecule has 110 valence electrons. The van der Waals surface area contributed by atoms with Gasteiger partial charge >= 0.3 is 5.97 Å². The fourth-order valence-electron chi connectivity index (χ4n) is 2.13. The molecule has 0 heterocycles. The number of aryl methyl sites for hydroxylation is 1. The number of halogens is 1. The van der Waals surface area contributed by atoms with E-state index in [2.05, 4.69) is 5.32 Å². The van der Waals surface area contributed by atoms with Crippen LogP contribution in [0.3, 0.4) is 0 Å². The molecule has 1 aromatic rings. The van der Waals surface area contributed by atoms with Gasteiger partial charge in [0.2, 0.25) is 0 Å².